The van der Waals surface area contributed by atoms with Crippen LogP contribution in [0.4, 0.5) is 8.78 Å². The first-order valence-electron chi connectivity index (χ1n) is 9.11. The van der Waals surface area contributed by atoms with Crippen LogP contribution < -0.4 is 0 Å². The van der Waals surface area contributed by atoms with E-state index in [1.165, 1.54) is 43.4 Å². The number of carbonyl (C=O) groups is 1. The molecule has 1 saturated carbocycles. The molecular weight excluding hydrogens is 330 g/mol. The average molecular weight is 352 g/mol. The number of halogens is 2. The Morgan fingerprint density at radius 1 is 0.962 bits per heavy atom. The van der Waals surface area contributed by atoms with Crippen LogP contribution in [0.3, 0.4) is 0 Å². The van der Waals surface area contributed by atoms with Gasteiger partial charge in [-0.1, -0.05) is 43.7 Å². The van der Waals surface area contributed by atoms with Crippen LogP contribution in [0.5, 0.6) is 0 Å². The molecule has 2 aromatic carbocycles. The van der Waals surface area contributed by atoms with E-state index in [1.807, 2.05) is 12.1 Å². The molecule has 134 valence electrons. The van der Waals surface area contributed by atoms with E-state index >= 15 is 0 Å². The third kappa shape index (κ3) is 4.38. The van der Waals surface area contributed by atoms with Crippen molar-refractivity contribution in [3.63, 3.8) is 0 Å². The Morgan fingerprint density at radius 3 is 2.31 bits per heavy atom. The monoisotopic (exact) mass is 352 g/mol. The van der Waals surface area contributed by atoms with Gasteiger partial charge in [0.2, 0.25) is 0 Å². The summed E-state index contributed by atoms with van der Waals surface area (Å²) in [5, 5.41) is 0. The molecular formula is C23H22F2O. The van der Waals surface area contributed by atoms with Crippen molar-refractivity contribution < 1.29 is 13.6 Å². The molecule has 1 aliphatic carbocycles. The summed E-state index contributed by atoms with van der Waals surface area (Å²) >= 11 is 0. The summed E-state index contributed by atoms with van der Waals surface area (Å²) < 4.78 is 27.5. The molecule has 0 N–H and O–H groups in total. The van der Waals surface area contributed by atoms with E-state index in [0.717, 1.165) is 23.8 Å². The second kappa shape index (κ2) is 8.27. The van der Waals surface area contributed by atoms with Crippen LogP contribution in [0.15, 0.2) is 36.4 Å². The van der Waals surface area contributed by atoms with Crippen LogP contribution in [0.25, 0.3) is 0 Å². The maximum absolute atomic E-state index is 13.9. The fourth-order valence-electron chi connectivity index (χ4n) is 3.48. The molecule has 0 radical (unpaired) electrons. The molecule has 0 unspecified atom stereocenters. The molecule has 0 saturated heterocycles. The van der Waals surface area contributed by atoms with E-state index in [-0.39, 0.29) is 11.1 Å². The lowest BCUT2D eigenvalue weighted by molar-refractivity contribution is 0.111. The van der Waals surface area contributed by atoms with Gasteiger partial charge in [-0.2, -0.15) is 0 Å². The number of carbonyl (C=O) groups excluding carboxylic acids is 1. The van der Waals surface area contributed by atoms with Crippen molar-refractivity contribution in [1.29, 1.82) is 0 Å². The van der Waals surface area contributed by atoms with Gasteiger partial charge in [0, 0.05) is 5.56 Å². The number of hydrogen-bond acceptors (Lipinski definition) is 1. The number of aldehydes is 1. The van der Waals surface area contributed by atoms with Crippen molar-refractivity contribution in [1.82, 2.24) is 0 Å². The van der Waals surface area contributed by atoms with Crippen LogP contribution in [0.2, 0.25) is 0 Å². The molecule has 0 amide bonds. The number of hydrogen-bond donors (Lipinski definition) is 0. The minimum atomic E-state index is -1.15. The average Bonchev–Trinajstić information content (AvgIpc) is 2.66. The molecule has 2 aromatic rings. The summed E-state index contributed by atoms with van der Waals surface area (Å²) in [5.74, 6) is 4.89. The Hall–Kier alpha value is -2.47. The molecule has 1 nitrogen and oxygen atoms in total. The fourth-order valence-corrected chi connectivity index (χ4v) is 3.48. The maximum atomic E-state index is 13.9. The summed E-state index contributed by atoms with van der Waals surface area (Å²) in [7, 11) is 0. The highest BCUT2D eigenvalue weighted by atomic mass is 19.2. The minimum Gasteiger partial charge on any atom is -0.298 e. The third-order valence-electron chi connectivity index (χ3n) is 5.19. The van der Waals surface area contributed by atoms with Gasteiger partial charge in [0.25, 0.3) is 0 Å². The lowest BCUT2D eigenvalue weighted by Crippen LogP contribution is -2.14. The first-order chi connectivity index (χ1) is 12.6. The van der Waals surface area contributed by atoms with Gasteiger partial charge in [0.1, 0.15) is 0 Å². The number of benzene rings is 2. The maximum Gasteiger partial charge on any atom is 0.175 e. The zero-order chi connectivity index (χ0) is 18.5. The Morgan fingerprint density at radius 2 is 1.65 bits per heavy atom. The lowest BCUT2D eigenvalue weighted by atomic mass is 9.80. The van der Waals surface area contributed by atoms with Gasteiger partial charge < -0.3 is 0 Å². The van der Waals surface area contributed by atoms with E-state index in [0.29, 0.717) is 6.29 Å². The van der Waals surface area contributed by atoms with Gasteiger partial charge in [-0.15, -0.1) is 0 Å². The van der Waals surface area contributed by atoms with Gasteiger partial charge in [-0.05, 0) is 60.9 Å². The molecule has 0 heterocycles. The number of rotatable bonds is 3. The minimum absolute atomic E-state index is 0.0477. The van der Waals surface area contributed by atoms with Crippen molar-refractivity contribution >= 4 is 6.29 Å². The topological polar surface area (TPSA) is 17.1 Å². The van der Waals surface area contributed by atoms with Crippen molar-refractivity contribution in [2.45, 2.75) is 39.0 Å². The molecule has 1 fully saturated rings. The van der Waals surface area contributed by atoms with Crippen molar-refractivity contribution in [2.75, 3.05) is 0 Å². The molecule has 0 spiro atoms. The summed E-state index contributed by atoms with van der Waals surface area (Å²) in [4.78, 5) is 10.6. The SMILES string of the molecule is CC1CCC(Cc2ccc(C#Cc3ccc(C=O)c(F)c3F)cc2)CC1. The van der Waals surface area contributed by atoms with Crippen LogP contribution in [-0.2, 0) is 6.42 Å². The van der Waals surface area contributed by atoms with Gasteiger partial charge in [-0.3, -0.25) is 4.79 Å². The summed E-state index contributed by atoms with van der Waals surface area (Å²) in [6.45, 7) is 2.32. The van der Waals surface area contributed by atoms with Gasteiger partial charge in [-0.25, -0.2) is 8.78 Å². The Labute approximate surface area is 153 Å². The van der Waals surface area contributed by atoms with Crippen LogP contribution in [0, 0.1) is 35.3 Å². The summed E-state index contributed by atoms with van der Waals surface area (Å²) in [6, 6.07) is 10.5. The highest BCUT2D eigenvalue weighted by Gasteiger charge is 2.18. The smallest absolute Gasteiger partial charge is 0.175 e. The van der Waals surface area contributed by atoms with E-state index in [2.05, 4.69) is 30.9 Å². The van der Waals surface area contributed by atoms with E-state index in [4.69, 9.17) is 0 Å². The van der Waals surface area contributed by atoms with Crippen molar-refractivity contribution in [2.24, 2.45) is 11.8 Å². The molecule has 0 bridgehead atoms. The van der Waals surface area contributed by atoms with E-state index in [1.54, 1.807) is 0 Å². The first-order valence-corrected chi connectivity index (χ1v) is 9.11. The van der Waals surface area contributed by atoms with Crippen molar-refractivity contribution in [3.05, 3.63) is 70.3 Å². The normalized spacial score (nSPS) is 19.5. The van der Waals surface area contributed by atoms with Gasteiger partial charge >= 0.3 is 0 Å². The highest BCUT2D eigenvalue weighted by Crippen LogP contribution is 2.30. The second-order valence-corrected chi connectivity index (χ2v) is 7.23. The summed E-state index contributed by atoms with van der Waals surface area (Å²) in [6.07, 6.45) is 6.61. The molecule has 0 aromatic heterocycles. The lowest BCUT2D eigenvalue weighted by Gasteiger charge is -2.26. The zero-order valence-corrected chi connectivity index (χ0v) is 14.9. The third-order valence-corrected chi connectivity index (χ3v) is 5.19. The Balaban J connectivity index is 1.68. The Kier molecular flexibility index (Phi) is 5.83. The molecule has 1 aliphatic rings. The van der Waals surface area contributed by atoms with Crippen LogP contribution >= 0.6 is 0 Å². The van der Waals surface area contributed by atoms with Gasteiger partial charge in [0.15, 0.2) is 17.9 Å². The standard InChI is InChI=1S/C23H22F2O/c1-16-2-4-18(5-3-16)14-19-8-6-17(7-9-19)10-11-20-12-13-21(15-26)23(25)22(20)24/h6-9,12-13,15-16,18H,2-5,14H2,1H3. The second-order valence-electron chi connectivity index (χ2n) is 7.23. The largest absolute Gasteiger partial charge is 0.298 e. The quantitative estimate of drug-likeness (QED) is 0.523. The Bertz CT molecular complexity index is 835. The van der Waals surface area contributed by atoms with Gasteiger partial charge in [0.05, 0.1) is 11.1 Å². The predicted molar refractivity (Wildman–Crippen MR) is 99.0 cm³/mol. The van der Waals surface area contributed by atoms with E-state index in [9.17, 15) is 13.6 Å². The fraction of sp³-hybridized carbons (Fsp3) is 0.348. The molecule has 3 rings (SSSR count). The molecule has 0 atom stereocenters. The zero-order valence-electron chi connectivity index (χ0n) is 14.9. The first kappa shape index (κ1) is 18.3. The predicted octanol–water partition coefficient (Wildman–Crippen LogP) is 5.55. The molecule has 0 aliphatic heterocycles. The summed E-state index contributed by atoms with van der Waals surface area (Å²) in [5.41, 5.74) is 1.70. The molecule has 3 heteroatoms. The van der Waals surface area contributed by atoms with E-state index < -0.39 is 11.6 Å². The van der Waals surface area contributed by atoms with Crippen molar-refractivity contribution in [3.8, 4) is 11.8 Å². The highest BCUT2D eigenvalue weighted by molar-refractivity contribution is 5.75. The van der Waals surface area contributed by atoms with Crippen LogP contribution in [-0.4, -0.2) is 6.29 Å². The van der Waals surface area contributed by atoms with Crippen LogP contribution in [0.1, 0.15) is 59.7 Å². The molecule has 26 heavy (non-hydrogen) atoms.